The Kier molecular flexibility index (Phi) is 8.44. The predicted octanol–water partition coefficient (Wildman–Crippen LogP) is 6.97. The van der Waals surface area contributed by atoms with Crippen LogP contribution in [-0.2, 0) is 24.9 Å². The van der Waals surface area contributed by atoms with E-state index in [-0.39, 0.29) is 19.3 Å². The van der Waals surface area contributed by atoms with Gasteiger partial charge < -0.3 is 9.26 Å². The van der Waals surface area contributed by atoms with Crippen LogP contribution in [0.3, 0.4) is 0 Å². The molecule has 0 bridgehead atoms. The van der Waals surface area contributed by atoms with Crippen LogP contribution in [0.5, 0.6) is 5.75 Å². The van der Waals surface area contributed by atoms with Crippen LogP contribution in [0.1, 0.15) is 58.1 Å². The van der Waals surface area contributed by atoms with Crippen LogP contribution in [-0.4, -0.2) is 47.5 Å². The number of aromatic nitrogens is 1. The Hall–Kier alpha value is -2.64. The molecule has 1 aliphatic rings. The van der Waals surface area contributed by atoms with Crippen LogP contribution in [0.4, 0.5) is 4.79 Å². The summed E-state index contributed by atoms with van der Waals surface area (Å²) >= 11 is 0. The highest BCUT2D eigenvalue weighted by atomic mass is 31.2. The number of rotatable bonds is 9. The summed E-state index contributed by atoms with van der Waals surface area (Å²) in [6.07, 6.45) is 2.52. The predicted molar refractivity (Wildman–Crippen MR) is 144 cm³/mol. The number of nitrogens with zero attached hydrogens (tertiary/aromatic N) is 2. The molecule has 0 radical (unpaired) electrons. The summed E-state index contributed by atoms with van der Waals surface area (Å²) < 4.78 is 36.2. The van der Waals surface area contributed by atoms with Crippen molar-refractivity contribution in [2.45, 2.75) is 59.1 Å². The van der Waals surface area contributed by atoms with Gasteiger partial charge in [-0.1, -0.05) is 30.3 Å². The van der Waals surface area contributed by atoms with E-state index in [0.717, 1.165) is 48.1 Å². The lowest BCUT2D eigenvalue weighted by atomic mass is 9.98. The number of likely N-dealkylation sites (tertiary alicyclic amines) is 1. The second kappa shape index (κ2) is 11.4. The minimum Gasteiger partial charge on any atom is -0.443 e. The summed E-state index contributed by atoms with van der Waals surface area (Å²) in [5.41, 5.74) is 2.49. The molecule has 0 saturated carbocycles. The Bertz CT molecular complexity index is 1270. The molecule has 1 fully saturated rings. The normalized spacial score (nSPS) is 16.8. The maximum absolute atomic E-state index is 12.9. The number of ether oxygens (including phenoxy) is 1. The van der Waals surface area contributed by atoms with Crippen molar-refractivity contribution in [1.29, 1.82) is 0 Å². The Morgan fingerprint density at radius 3 is 2.49 bits per heavy atom. The van der Waals surface area contributed by atoms with Gasteiger partial charge in [-0.2, -0.15) is 0 Å². The first-order valence-electron chi connectivity index (χ1n) is 12.8. The number of fused-ring (bicyclic) bond motifs is 1. The van der Waals surface area contributed by atoms with E-state index < -0.39 is 13.4 Å². The Labute approximate surface area is 219 Å². The van der Waals surface area contributed by atoms with E-state index in [1.165, 1.54) is 0 Å². The molecule has 37 heavy (non-hydrogen) atoms. The molecule has 1 saturated heterocycles. The highest BCUT2D eigenvalue weighted by Gasteiger charge is 2.29. The number of benzene rings is 2. The lowest BCUT2D eigenvalue weighted by molar-refractivity contribution is 0.0544. The molecule has 1 aliphatic heterocycles. The monoisotopic (exact) mass is 528 g/mol. The summed E-state index contributed by atoms with van der Waals surface area (Å²) in [7, 11) is -3.64. The first-order chi connectivity index (χ1) is 17.6. The van der Waals surface area contributed by atoms with Gasteiger partial charge in [0.25, 0.3) is 0 Å². The average Bonchev–Trinajstić information content (AvgIpc) is 3.44. The van der Waals surface area contributed by atoms with E-state index >= 15 is 0 Å². The number of hydrogen-bond donors (Lipinski definition) is 0. The lowest BCUT2D eigenvalue weighted by Crippen LogP contribution is -2.26. The van der Waals surface area contributed by atoms with E-state index in [2.05, 4.69) is 17.0 Å². The van der Waals surface area contributed by atoms with Gasteiger partial charge >= 0.3 is 13.9 Å². The van der Waals surface area contributed by atoms with Crippen molar-refractivity contribution in [3.05, 3.63) is 65.9 Å². The minimum atomic E-state index is -3.64. The van der Waals surface area contributed by atoms with Gasteiger partial charge in [0.15, 0.2) is 0 Å². The molecule has 2 aromatic carbocycles. The zero-order chi connectivity index (χ0) is 26.6. The lowest BCUT2D eigenvalue weighted by Gasteiger charge is -2.19. The van der Waals surface area contributed by atoms with Crippen molar-refractivity contribution in [3.8, 4) is 5.75 Å². The number of phosphoric ester groups is 1. The zero-order valence-corrected chi connectivity index (χ0v) is 23.2. The van der Waals surface area contributed by atoms with Crippen molar-refractivity contribution in [2.75, 3.05) is 26.3 Å². The van der Waals surface area contributed by atoms with Crippen LogP contribution < -0.4 is 4.52 Å². The van der Waals surface area contributed by atoms with Gasteiger partial charge in [0.1, 0.15) is 11.4 Å². The highest BCUT2D eigenvalue weighted by Crippen LogP contribution is 2.49. The van der Waals surface area contributed by atoms with Gasteiger partial charge in [-0.15, -0.1) is 0 Å². The fourth-order valence-corrected chi connectivity index (χ4v) is 5.87. The average molecular weight is 529 g/mol. The van der Waals surface area contributed by atoms with E-state index in [1.54, 1.807) is 24.5 Å². The van der Waals surface area contributed by atoms with Crippen molar-refractivity contribution >= 4 is 24.8 Å². The molecule has 0 spiro atoms. The fourth-order valence-electron chi connectivity index (χ4n) is 4.69. The van der Waals surface area contributed by atoms with Gasteiger partial charge in [-0.25, -0.2) is 9.36 Å². The summed E-state index contributed by atoms with van der Waals surface area (Å²) in [6, 6.07) is 15.6. The van der Waals surface area contributed by atoms with Gasteiger partial charge in [0, 0.05) is 24.7 Å². The Morgan fingerprint density at radius 1 is 1.05 bits per heavy atom. The largest absolute Gasteiger partial charge is 0.530 e. The highest BCUT2D eigenvalue weighted by molar-refractivity contribution is 7.48. The molecular formula is C28H37N2O6P. The van der Waals surface area contributed by atoms with Gasteiger partial charge in [0.2, 0.25) is 0 Å². The molecule has 0 amide bonds. The Balaban J connectivity index is 1.48. The molecule has 2 heterocycles. The molecule has 1 atom stereocenters. The maximum Gasteiger partial charge on any atom is 0.530 e. The number of carbonyl (C=O) groups is 1. The number of carbonyl (C=O) groups excluding carboxylic acids is 1. The van der Waals surface area contributed by atoms with Crippen LogP contribution in [0.2, 0.25) is 0 Å². The molecule has 1 aromatic heterocycles. The van der Waals surface area contributed by atoms with Crippen molar-refractivity contribution in [3.63, 3.8) is 0 Å². The zero-order valence-electron chi connectivity index (χ0n) is 22.3. The Morgan fingerprint density at radius 2 is 1.78 bits per heavy atom. The second-order valence-corrected chi connectivity index (χ2v) is 11.8. The molecule has 0 aliphatic carbocycles. The fraction of sp³-hybridized carbons (Fsp3) is 0.464. The topological polar surface area (TPSA) is 79.2 Å². The number of para-hydroxylation sites is 1. The SMILES string of the molecule is CCOP(=O)(OCC)Oc1cccc(C2CCN(Cc3cn(C(=O)OC(C)(C)C)c4ccccc34)C2)c1. The number of hydrogen-bond acceptors (Lipinski definition) is 7. The molecule has 8 nitrogen and oxygen atoms in total. The smallest absolute Gasteiger partial charge is 0.443 e. The summed E-state index contributed by atoms with van der Waals surface area (Å²) in [4.78, 5) is 15.2. The minimum absolute atomic E-state index is 0.235. The van der Waals surface area contributed by atoms with Crippen LogP contribution in [0, 0.1) is 0 Å². The van der Waals surface area contributed by atoms with Crippen LogP contribution >= 0.6 is 7.82 Å². The number of phosphoric acid groups is 1. The van der Waals surface area contributed by atoms with Gasteiger partial charge in [0.05, 0.1) is 18.7 Å². The van der Waals surface area contributed by atoms with Crippen molar-refractivity contribution in [2.24, 2.45) is 0 Å². The maximum atomic E-state index is 12.9. The molecule has 200 valence electrons. The van der Waals surface area contributed by atoms with Gasteiger partial charge in [-0.05, 0) is 82.8 Å². The molecule has 0 N–H and O–H groups in total. The van der Waals surface area contributed by atoms with E-state index in [0.29, 0.717) is 11.7 Å². The van der Waals surface area contributed by atoms with Crippen molar-refractivity contribution < 1.29 is 27.7 Å². The first-order valence-corrected chi connectivity index (χ1v) is 14.3. The van der Waals surface area contributed by atoms with Crippen LogP contribution in [0.25, 0.3) is 10.9 Å². The van der Waals surface area contributed by atoms with Crippen LogP contribution in [0.15, 0.2) is 54.7 Å². The summed E-state index contributed by atoms with van der Waals surface area (Å²) in [5.74, 6) is 0.781. The third-order valence-electron chi connectivity index (χ3n) is 6.17. The van der Waals surface area contributed by atoms with Gasteiger partial charge in [-0.3, -0.25) is 18.5 Å². The molecule has 1 unspecified atom stereocenters. The third-order valence-corrected chi connectivity index (χ3v) is 7.76. The summed E-state index contributed by atoms with van der Waals surface area (Å²) in [6.45, 7) is 12.1. The molecule has 3 aromatic rings. The third kappa shape index (κ3) is 6.82. The standard InChI is InChI=1S/C28H37N2O6P/c1-6-33-37(32,34-7-2)36-24-12-10-11-21(17-24)22-15-16-29(18-22)19-23-20-30(27(31)35-28(3,4)5)26-14-9-8-13-25(23)26/h8-14,17,20,22H,6-7,15-16,18-19H2,1-5H3. The molecule has 4 rings (SSSR count). The summed E-state index contributed by atoms with van der Waals surface area (Å²) in [5, 5.41) is 1.05. The van der Waals surface area contributed by atoms with E-state index in [4.69, 9.17) is 18.3 Å². The van der Waals surface area contributed by atoms with E-state index in [1.807, 2.05) is 57.3 Å². The molecule has 9 heteroatoms. The first kappa shape index (κ1) is 27.4. The molecular weight excluding hydrogens is 491 g/mol. The van der Waals surface area contributed by atoms with E-state index in [9.17, 15) is 9.36 Å². The second-order valence-electron chi connectivity index (χ2n) is 10.2. The quantitative estimate of drug-likeness (QED) is 0.277. The van der Waals surface area contributed by atoms with Crippen molar-refractivity contribution in [1.82, 2.24) is 9.47 Å².